The fourth-order valence-corrected chi connectivity index (χ4v) is 2.55. The maximum Gasteiger partial charge on any atom is 0.0945 e. The number of aliphatic hydroxyl groups excluding tert-OH is 1. The summed E-state index contributed by atoms with van der Waals surface area (Å²) in [5.74, 6) is 0.390. The molecule has 2 unspecified atom stereocenters. The Morgan fingerprint density at radius 3 is 2.37 bits per heavy atom. The van der Waals surface area contributed by atoms with E-state index in [0.29, 0.717) is 5.92 Å². The average Bonchev–Trinajstić information content (AvgIpc) is 2.43. The second-order valence-corrected chi connectivity index (χ2v) is 5.38. The molecule has 0 spiro atoms. The van der Waals surface area contributed by atoms with Crippen LogP contribution in [-0.4, -0.2) is 17.7 Å². The van der Waals surface area contributed by atoms with E-state index in [1.165, 1.54) is 10.8 Å². The van der Waals surface area contributed by atoms with E-state index in [0.717, 1.165) is 12.1 Å². The average molecular weight is 257 g/mol. The molecule has 0 heterocycles. The SMILES string of the molecule is CCNC(C(C)C)C(O)c1ccc2ccccc2c1. The van der Waals surface area contributed by atoms with Crippen molar-refractivity contribution in [3.8, 4) is 0 Å². The molecule has 2 rings (SSSR count). The highest BCUT2D eigenvalue weighted by atomic mass is 16.3. The Morgan fingerprint density at radius 2 is 1.74 bits per heavy atom. The quantitative estimate of drug-likeness (QED) is 0.859. The number of nitrogens with one attached hydrogen (secondary N) is 1. The first-order valence-corrected chi connectivity index (χ1v) is 7.03. The summed E-state index contributed by atoms with van der Waals surface area (Å²) in [5, 5.41) is 16.3. The van der Waals surface area contributed by atoms with Crippen molar-refractivity contribution in [2.45, 2.75) is 32.9 Å². The number of hydrogen-bond acceptors (Lipinski definition) is 2. The zero-order valence-corrected chi connectivity index (χ0v) is 11.9. The molecule has 2 aromatic carbocycles. The predicted molar refractivity (Wildman–Crippen MR) is 81.2 cm³/mol. The van der Waals surface area contributed by atoms with Crippen molar-refractivity contribution in [3.05, 3.63) is 48.0 Å². The van der Waals surface area contributed by atoms with Crippen LogP contribution in [0.2, 0.25) is 0 Å². The summed E-state index contributed by atoms with van der Waals surface area (Å²) in [5.41, 5.74) is 0.985. The zero-order valence-electron chi connectivity index (χ0n) is 11.9. The Morgan fingerprint density at radius 1 is 1.05 bits per heavy atom. The summed E-state index contributed by atoms with van der Waals surface area (Å²) in [4.78, 5) is 0. The van der Waals surface area contributed by atoms with Crippen LogP contribution < -0.4 is 5.32 Å². The fourth-order valence-electron chi connectivity index (χ4n) is 2.55. The van der Waals surface area contributed by atoms with Crippen molar-refractivity contribution in [1.29, 1.82) is 0 Å². The molecule has 0 aliphatic rings. The van der Waals surface area contributed by atoms with Crippen molar-refractivity contribution in [1.82, 2.24) is 5.32 Å². The van der Waals surface area contributed by atoms with Crippen molar-refractivity contribution < 1.29 is 5.11 Å². The van der Waals surface area contributed by atoms with Crippen LogP contribution in [-0.2, 0) is 0 Å². The van der Waals surface area contributed by atoms with Gasteiger partial charge < -0.3 is 10.4 Å². The lowest BCUT2D eigenvalue weighted by Crippen LogP contribution is -2.39. The molecule has 2 aromatic rings. The number of hydrogen-bond donors (Lipinski definition) is 2. The van der Waals surface area contributed by atoms with Gasteiger partial charge in [0.2, 0.25) is 0 Å². The van der Waals surface area contributed by atoms with Gasteiger partial charge in [0.15, 0.2) is 0 Å². The van der Waals surface area contributed by atoms with Gasteiger partial charge >= 0.3 is 0 Å². The first-order valence-electron chi connectivity index (χ1n) is 7.03. The van der Waals surface area contributed by atoms with Crippen LogP contribution in [0.3, 0.4) is 0 Å². The molecule has 2 N–H and O–H groups in total. The van der Waals surface area contributed by atoms with Crippen LogP contribution in [0.5, 0.6) is 0 Å². The van der Waals surface area contributed by atoms with E-state index in [2.05, 4.69) is 50.4 Å². The number of benzene rings is 2. The third-order valence-corrected chi connectivity index (χ3v) is 3.61. The number of aliphatic hydroxyl groups is 1. The highest BCUT2D eigenvalue weighted by Gasteiger charge is 2.23. The highest BCUT2D eigenvalue weighted by Crippen LogP contribution is 2.25. The second-order valence-electron chi connectivity index (χ2n) is 5.38. The Hall–Kier alpha value is -1.38. The minimum Gasteiger partial charge on any atom is -0.387 e. The first-order chi connectivity index (χ1) is 9.13. The van der Waals surface area contributed by atoms with E-state index in [1.54, 1.807) is 0 Å². The van der Waals surface area contributed by atoms with Gasteiger partial charge in [-0.15, -0.1) is 0 Å². The van der Waals surface area contributed by atoms with Crippen molar-refractivity contribution in [3.63, 3.8) is 0 Å². The van der Waals surface area contributed by atoms with E-state index >= 15 is 0 Å². The molecule has 0 saturated heterocycles. The maximum atomic E-state index is 10.6. The Bertz CT molecular complexity index is 536. The van der Waals surface area contributed by atoms with E-state index in [4.69, 9.17) is 0 Å². The minimum atomic E-state index is -0.468. The minimum absolute atomic E-state index is 0.0890. The molecule has 2 nitrogen and oxygen atoms in total. The smallest absolute Gasteiger partial charge is 0.0945 e. The predicted octanol–water partition coefficient (Wildman–Crippen LogP) is 3.51. The number of likely N-dealkylation sites (N-methyl/N-ethyl adjacent to an activating group) is 1. The van der Waals surface area contributed by atoms with E-state index < -0.39 is 6.10 Å². The lowest BCUT2D eigenvalue weighted by Gasteiger charge is -2.27. The topological polar surface area (TPSA) is 32.3 Å². The Kier molecular flexibility index (Phi) is 4.56. The first kappa shape index (κ1) is 14.0. The van der Waals surface area contributed by atoms with Crippen LogP contribution in [0.25, 0.3) is 10.8 Å². The number of rotatable bonds is 5. The van der Waals surface area contributed by atoms with Gasteiger partial charge in [-0.25, -0.2) is 0 Å². The molecule has 2 atom stereocenters. The largest absolute Gasteiger partial charge is 0.387 e. The van der Waals surface area contributed by atoms with Crippen LogP contribution in [0.1, 0.15) is 32.4 Å². The molecule has 0 aliphatic heterocycles. The summed E-state index contributed by atoms with van der Waals surface area (Å²) >= 11 is 0. The summed E-state index contributed by atoms with van der Waals surface area (Å²) in [6.07, 6.45) is -0.468. The summed E-state index contributed by atoms with van der Waals surface area (Å²) in [6, 6.07) is 14.5. The molecule has 0 bridgehead atoms. The molecule has 0 radical (unpaired) electrons. The second kappa shape index (κ2) is 6.18. The van der Waals surface area contributed by atoms with Gasteiger partial charge in [-0.1, -0.05) is 57.2 Å². The molecule has 0 amide bonds. The van der Waals surface area contributed by atoms with Gasteiger partial charge in [-0.05, 0) is 34.9 Å². The van der Waals surface area contributed by atoms with Gasteiger partial charge in [0.1, 0.15) is 0 Å². The van der Waals surface area contributed by atoms with Crippen molar-refractivity contribution in [2.75, 3.05) is 6.54 Å². The molecular weight excluding hydrogens is 234 g/mol. The van der Waals surface area contributed by atoms with Crippen LogP contribution >= 0.6 is 0 Å². The zero-order chi connectivity index (χ0) is 13.8. The number of fused-ring (bicyclic) bond motifs is 1. The third-order valence-electron chi connectivity index (χ3n) is 3.61. The van der Waals surface area contributed by atoms with Gasteiger partial charge in [0, 0.05) is 6.04 Å². The highest BCUT2D eigenvalue weighted by molar-refractivity contribution is 5.83. The van der Waals surface area contributed by atoms with Crippen LogP contribution in [0.4, 0.5) is 0 Å². The monoisotopic (exact) mass is 257 g/mol. The molecular formula is C17H23NO. The lowest BCUT2D eigenvalue weighted by molar-refractivity contribution is 0.106. The van der Waals surface area contributed by atoms with E-state index in [9.17, 15) is 5.11 Å². The maximum absolute atomic E-state index is 10.6. The summed E-state index contributed by atoms with van der Waals surface area (Å²) in [7, 11) is 0. The Labute approximate surface area is 115 Å². The van der Waals surface area contributed by atoms with Crippen molar-refractivity contribution in [2.24, 2.45) is 5.92 Å². The normalized spacial score (nSPS) is 14.8. The van der Waals surface area contributed by atoms with Gasteiger partial charge in [-0.2, -0.15) is 0 Å². The fraction of sp³-hybridized carbons (Fsp3) is 0.412. The summed E-state index contributed by atoms with van der Waals surface area (Å²) in [6.45, 7) is 7.21. The van der Waals surface area contributed by atoms with E-state index in [-0.39, 0.29) is 6.04 Å². The molecule has 102 valence electrons. The summed E-state index contributed by atoms with van der Waals surface area (Å²) < 4.78 is 0. The van der Waals surface area contributed by atoms with Gasteiger partial charge in [0.05, 0.1) is 6.10 Å². The van der Waals surface area contributed by atoms with Gasteiger partial charge in [0.25, 0.3) is 0 Å². The van der Waals surface area contributed by atoms with E-state index in [1.807, 2.05) is 18.2 Å². The molecule has 2 heteroatoms. The van der Waals surface area contributed by atoms with Crippen LogP contribution in [0, 0.1) is 5.92 Å². The Balaban J connectivity index is 2.31. The van der Waals surface area contributed by atoms with Crippen molar-refractivity contribution >= 4 is 10.8 Å². The lowest BCUT2D eigenvalue weighted by atomic mass is 9.92. The third kappa shape index (κ3) is 3.14. The van der Waals surface area contributed by atoms with Crippen LogP contribution in [0.15, 0.2) is 42.5 Å². The molecule has 0 saturated carbocycles. The van der Waals surface area contributed by atoms with Gasteiger partial charge in [-0.3, -0.25) is 0 Å². The standard InChI is InChI=1S/C17H23NO/c1-4-18-16(12(2)3)17(19)15-10-9-13-7-5-6-8-14(13)11-15/h5-12,16-19H,4H2,1-3H3. The molecule has 0 aromatic heterocycles. The molecule has 0 aliphatic carbocycles. The molecule has 19 heavy (non-hydrogen) atoms. The molecule has 0 fully saturated rings.